The van der Waals surface area contributed by atoms with E-state index in [4.69, 9.17) is 26.8 Å². The van der Waals surface area contributed by atoms with E-state index < -0.39 is 17.5 Å². The van der Waals surface area contributed by atoms with E-state index in [-0.39, 0.29) is 12.1 Å². The van der Waals surface area contributed by atoms with E-state index in [1.807, 2.05) is 18.2 Å². The quantitative estimate of drug-likeness (QED) is 0.807. The molecule has 0 amide bonds. The van der Waals surface area contributed by atoms with Crippen LogP contribution < -0.4 is 10.5 Å². The monoisotopic (exact) mass is 404 g/mol. The molecule has 1 spiro atoms. The molecule has 7 heteroatoms. The molecule has 2 aliphatic rings. The van der Waals surface area contributed by atoms with Crippen molar-refractivity contribution < 1.29 is 19.0 Å². The van der Waals surface area contributed by atoms with Gasteiger partial charge in [0.25, 0.3) is 6.02 Å². The van der Waals surface area contributed by atoms with Gasteiger partial charge in [-0.1, -0.05) is 17.7 Å². The highest BCUT2D eigenvalue weighted by Crippen LogP contribution is 2.46. The summed E-state index contributed by atoms with van der Waals surface area (Å²) in [5.41, 5.74) is 7.54. The zero-order valence-corrected chi connectivity index (χ0v) is 16.2. The van der Waals surface area contributed by atoms with E-state index in [0.717, 1.165) is 11.1 Å². The highest BCUT2D eigenvalue weighted by Gasteiger charge is 2.46. The third-order valence-corrected chi connectivity index (χ3v) is 5.44. The minimum Gasteiger partial charge on any atom is -0.490 e. The van der Waals surface area contributed by atoms with Crippen LogP contribution in [0.1, 0.15) is 31.7 Å². The predicted octanol–water partition coefficient (Wildman–Crippen LogP) is 4.00. The molecule has 2 unspecified atom stereocenters. The number of hydrogen-bond donors (Lipinski definition) is 2. The predicted molar refractivity (Wildman–Crippen MR) is 106 cm³/mol. The van der Waals surface area contributed by atoms with Crippen molar-refractivity contribution in [3.05, 3.63) is 52.8 Å². The summed E-state index contributed by atoms with van der Waals surface area (Å²) < 4.78 is 25.5. The van der Waals surface area contributed by atoms with Gasteiger partial charge >= 0.3 is 0 Å². The van der Waals surface area contributed by atoms with Crippen molar-refractivity contribution in [3.63, 3.8) is 0 Å². The fraction of sp³-hybridized carbons (Fsp3) is 0.381. The summed E-state index contributed by atoms with van der Waals surface area (Å²) in [6.07, 6.45) is 1.44. The Morgan fingerprint density at radius 2 is 2.14 bits per heavy atom. The van der Waals surface area contributed by atoms with Crippen molar-refractivity contribution in [2.45, 2.75) is 43.9 Å². The molecule has 0 radical (unpaired) electrons. The van der Waals surface area contributed by atoms with Crippen LogP contribution in [0.2, 0.25) is 5.02 Å². The van der Waals surface area contributed by atoms with Crippen LogP contribution in [0.3, 0.4) is 0 Å². The van der Waals surface area contributed by atoms with E-state index in [0.29, 0.717) is 42.2 Å². The Bertz CT molecular complexity index is 914. The number of rotatable bonds is 4. The zero-order chi connectivity index (χ0) is 19.9. The van der Waals surface area contributed by atoms with Gasteiger partial charge in [-0.05, 0) is 61.2 Å². The number of aliphatic imine (C=N–C) groups is 1. The number of aliphatic hydroxyl groups excluding tert-OH is 1. The Labute approximate surface area is 167 Å². The van der Waals surface area contributed by atoms with Gasteiger partial charge in [0.05, 0.1) is 6.10 Å². The molecule has 148 valence electrons. The number of aliphatic hydroxyl groups is 1. The molecule has 0 aliphatic carbocycles. The second kappa shape index (κ2) is 7.26. The largest absolute Gasteiger partial charge is 0.490 e. The Kier molecular flexibility index (Phi) is 4.93. The van der Waals surface area contributed by atoms with Crippen molar-refractivity contribution in [1.82, 2.24) is 0 Å². The molecule has 4 rings (SSSR count). The Morgan fingerprint density at radius 3 is 2.82 bits per heavy atom. The van der Waals surface area contributed by atoms with Gasteiger partial charge < -0.3 is 20.3 Å². The van der Waals surface area contributed by atoms with Crippen LogP contribution in [0.5, 0.6) is 5.75 Å². The fourth-order valence-electron chi connectivity index (χ4n) is 3.90. The lowest BCUT2D eigenvalue weighted by molar-refractivity contribution is 0.0836. The van der Waals surface area contributed by atoms with Gasteiger partial charge in [-0.3, -0.25) is 0 Å². The summed E-state index contributed by atoms with van der Waals surface area (Å²) in [7, 11) is 0. The summed E-state index contributed by atoms with van der Waals surface area (Å²) in [4.78, 5) is 4.60. The van der Waals surface area contributed by atoms with Gasteiger partial charge in [-0.15, -0.1) is 0 Å². The van der Waals surface area contributed by atoms with Crippen molar-refractivity contribution in [2.75, 3.05) is 6.61 Å². The number of amidine groups is 1. The number of nitrogens with zero attached hydrogens (tertiary/aromatic N) is 1. The second-order valence-electron chi connectivity index (χ2n) is 7.51. The molecule has 2 heterocycles. The third-order valence-electron chi connectivity index (χ3n) is 5.23. The molecular weight excluding hydrogens is 383 g/mol. The summed E-state index contributed by atoms with van der Waals surface area (Å²) >= 11 is 6.02. The highest BCUT2D eigenvalue weighted by atomic mass is 35.5. The Balaban J connectivity index is 1.74. The van der Waals surface area contributed by atoms with Crippen LogP contribution in [-0.2, 0) is 10.3 Å². The van der Waals surface area contributed by atoms with Crippen molar-refractivity contribution in [1.29, 1.82) is 0 Å². The number of benzene rings is 2. The lowest BCUT2D eigenvalue weighted by Crippen LogP contribution is -2.38. The maximum absolute atomic E-state index is 13.8. The van der Waals surface area contributed by atoms with E-state index in [9.17, 15) is 9.50 Å². The van der Waals surface area contributed by atoms with Crippen LogP contribution in [0.25, 0.3) is 11.1 Å². The number of halogens is 2. The van der Waals surface area contributed by atoms with Crippen molar-refractivity contribution >= 4 is 17.6 Å². The lowest BCUT2D eigenvalue weighted by Gasteiger charge is -2.37. The van der Waals surface area contributed by atoms with Crippen LogP contribution >= 0.6 is 11.6 Å². The van der Waals surface area contributed by atoms with Gasteiger partial charge in [0.1, 0.15) is 29.8 Å². The maximum Gasteiger partial charge on any atom is 0.283 e. The number of nitrogens with two attached hydrogens (primary N) is 1. The van der Waals surface area contributed by atoms with Crippen LogP contribution in [0.4, 0.5) is 4.39 Å². The molecule has 3 atom stereocenters. The molecule has 0 aromatic heterocycles. The minimum absolute atomic E-state index is 0.102. The fourth-order valence-corrected chi connectivity index (χ4v) is 4.13. The highest BCUT2D eigenvalue weighted by molar-refractivity contribution is 6.30. The first-order chi connectivity index (χ1) is 13.3. The molecule has 28 heavy (non-hydrogen) atoms. The molecule has 2 aliphatic heterocycles. The van der Waals surface area contributed by atoms with E-state index in [1.54, 1.807) is 13.0 Å². The van der Waals surface area contributed by atoms with Crippen LogP contribution in [-0.4, -0.2) is 29.9 Å². The van der Waals surface area contributed by atoms with Gasteiger partial charge in [0.15, 0.2) is 0 Å². The molecule has 0 bridgehead atoms. The summed E-state index contributed by atoms with van der Waals surface area (Å²) in [6, 6.07) is 10.3. The van der Waals surface area contributed by atoms with Gasteiger partial charge in [-0.2, -0.15) is 0 Å². The number of ether oxygens (including phenoxy) is 2. The third kappa shape index (κ3) is 3.66. The zero-order valence-electron chi connectivity index (χ0n) is 15.5. The molecule has 2 aromatic rings. The average molecular weight is 405 g/mol. The van der Waals surface area contributed by atoms with E-state index >= 15 is 0 Å². The van der Waals surface area contributed by atoms with Crippen molar-refractivity contribution in [3.8, 4) is 16.9 Å². The smallest absolute Gasteiger partial charge is 0.283 e. The summed E-state index contributed by atoms with van der Waals surface area (Å²) in [5.74, 6) is 0.311. The van der Waals surface area contributed by atoms with Gasteiger partial charge in [-0.25, -0.2) is 9.38 Å². The number of hydrogen-bond acceptors (Lipinski definition) is 5. The molecule has 3 N–H and O–H groups in total. The van der Waals surface area contributed by atoms with Gasteiger partial charge in [0, 0.05) is 17.0 Å². The Morgan fingerprint density at radius 1 is 1.32 bits per heavy atom. The molecule has 0 saturated carbocycles. The number of fused-ring (bicyclic) bond motifs is 2. The maximum atomic E-state index is 13.8. The topological polar surface area (TPSA) is 77.1 Å². The SMILES string of the molecule is CC(O)CC[C@H]1CC2(COC(N)=N2)c2cc(-c3cc(F)cc(Cl)c3)ccc2O1. The first-order valence-corrected chi connectivity index (χ1v) is 9.66. The lowest BCUT2D eigenvalue weighted by atomic mass is 9.81. The standard InChI is InChI=1S/C21H22ClFN2O3/c1-12(26)2-4-17-10-21(11-27-20(24)25-21)18-8-13(3-5-19(18)28-17)14-6-15(22)9-16(23)7-14/h3,5-9,12,17,26H,2,4,10-11H2,1H3,(H2,24,25)/t12?,17-,21?/m0/s1. The van der Waals surface area contributed by atoms with E-state index in [2.05, 4.69) is 4.99 Å². The summed E-state index contributed by atoms with van der Waals surface area (Å²) in [6.45, 7) is 2.09. The summed E-state index contributed by atoms with van der Waals surface area (Å²) in [5, 5.41) is 9.95. The molecule has 5 nitrogen and oxygen atoms in total. The average Bonchev–Trinajstić information content (AvgIpc) is 3.00. The van der Waals surface area contributed by atoms with Crippen LogP contribution in [0, 0.1) is 5.82 Å². The first kappa shape index (κ1) is 19.0. The first-order valence-electron chi connectivity index (χ1n) is 9.28. The molecule has 0 saturated heterocycles. The molecule has 0 fully saturated rings. The normalized spacial score (nSPS) is 24.3. The van der Waals surface area contributed by atoms with Gasteiger partial charge in [0.2, 0.25) is 0 Å². The molecular formula is C21H22ClFN2O3. The van der Waals surface area contributed by atoms with E-state index in [1.165, 1.54) is 12.1 Å². The molecule has 2 aromatic carbocycles. The second-order valence-corrected chi connectivity index (χ2v) is 7.95. The van der Waals surface area contributed by atoms with Crippen LogP contribution in [0.15, 0.2) is 41.4 Å². The minimum atomic E-state index is -0.645. The Hall–Kier alpha value is -2.31. The van der Waals surface area contributed by atoms with Crippen molar-refractivity contribution in [2.24, 2.45) is 10.7 Å².